The van der Waals surface area contributed by atoms with Crippen LogP contribution in [0, 0.1) is 5.82 Å². The van der Waals surface area contributed by atoms with Crippen LogP contribution < -0.4 is 5.32 Å². The molecule has 3 rings (SSSR count). The van der Waals surface area contributed by atoms with E-state index in [1.54, 1.807) is 29.2 Å². The van der Waals surface area contributed by atoms with E-state index in [9.17, 15) is 22.4 Å². The number of hydrogen-bond acceptors (Lipinski definition) is 4. The van der Waals surface area contributed by atoms with Gasteiger partial charge in [0.25, 0.3) is 11.8 Å². The Morgan fingerprint density at radius 1 is 0.969 bits per heavy atom. The fraction of sp³-hybridized carbons (Fsp3) is 0.364. The highest BCUT2D eigenvalue weighted by molar-refractivity contribution is 7.89. The second kappa shape index (κ2) is 9.17. The van der Waals surface area contributed by atoms with E-state index < -0.39 is 15.8 Å². The number of carbonyl (C=O) groups is 2. The van der Waals surface area contributed by atoms with Crippen LogP contribution >= 0.6 is 11.6 Å². The lowest BCUT2D eigenvalue weighted by molar-refractivity contribution is 0.0697. The maximum Gasteiger partial charge on any atom is 0.253 e. The standard InChI is InChI=1S/C22H25ClFN3O4S/c1-22(2,3)25-20(28)15-4-6-16(7-5-15)21(29)26-10-12-27(13-11-26)32(30,31)17-8-9-19(24)18(23)14-17/h4-9,14H,10-13H2,1-3H3,(H,25,28). The molecule has 2 amide bonds. The van der Waals surface area contributed by atoms with Gasteiger partial charge in [-0.1, -0.05) is 11.6 Å². The number of amides is 2. The van der Waals surface area contributed by atoms with E-state index in [-0.39, 0.29) is 53.5 Å². The lowest BCUT2D eigenvalue weighted by Gasteiger charge is -2.34. The highest BCUT2D eigenvalue weighted by Gasteiger charge is 2.31. The Kier molecular flexibility index (Phi) is 6.92. The number of hydrogen-bond donors (Lipinski definition) is 1. The molecule has 2 aromatic rings. The maximum atomic E-state index is 13.4. The van der Waals surface area contributed by atoms with Crippen LogP contribution in [0.25, 0.3) is 0 Å². The number of benzene rings is 2. The van der Waals surface area contributed by atoms with Crippen LogP contribution in [0.1, 0.15) is 41.5 Å². The molecule has 0 aromatic heterocycles. The summed E-state index contributed by atoms with van der Waals surface area (Å²) in [7, 11) is -3.85. The second-order valence-electron chi connectivity index (χ2n) is 8.55. The summed E-state index contributed by atoms with van der Waals surface area (Å²) in [5.74, 6) is -1.16. The van der Waals surface area contributed by atoms with E-state index in [2.05, 4.69) is 5.32 Å². The Hall–Kier alpha value is -2.49. The van der Waals surface area contributed by atoms with Crippen LogP contribution in [0.4, 0.5) is 4.39 Å². The Balaban J connectivity index is 1.64. The molecule has 1 aliphatic heterocycles. The zero-order chi connectivity index (χ0) is 23.7. The predicted octanol–water partition coefficient (Wildman–Crippen LogP) is 3.15. The number of carbonyl (C=O) groups excluding carboxylic acids is 2. The Bertz CT molecular complexity index is 1120. The van der Waals surface area contributed by atoms with Crippen molar-refractivity contribution in [2.75, 3.05) is 26.2 Å². The molecule has 1 N–H and O–H groups in total. The van der Waals surface area contributed by atoms with Gasteiger partial charge in [-0.2, -0.15) is 4.31 Å². The normalized spacial score (nSPS) is 15.5. The van der Waals surface area contributed by atoms with Gasteiger partial charge >= 0.3 is 0 Å². The largest absolute Gasteiger partial charge is 0.347 e. The SMILES string of the molecule is CC(C)(C)NC(=O)c1ccc(C(=O)N2CCN(S(=O)(=O)c3ccc(F)c(Cl)c3)CC2)cc1. The van der Waals surface area contributed by atoms with Gasteiger partial charge < -0.3 is 10.2 Å². The topological polar surface area (TPSA) is 86.8 Å². The van der Waals surface area contributed by atoms with Gasteiger partial charge in [0, 0.05) is 42.8 Å². The first kappa shape index (κ1) is 24.2. The molecule has 1 saturated heterocycles. The third-order valence-corrected chi connectivity index (χ3v) is 7.12. The van der Waals surface area contributed by atoms with Crippen molar-refractivity contribution in [2.45, 2.75) is 31.2 Å². The quantitative estimate of drug-likeness (QED) is 0.726. The van der Waals surface area contributed by atoms with Gasteiger partial charge in [0.15, 0.2) is 0 Å². The van der Waals surface area contributed by atoms with Crippen LogP contribution in [0.3, 0.4) is 0 Å². The van der Waals surface area contributed by atoms with Gasteiger partial charge in [0.1, 0.15) is 5.82 Å². The molecular formula is C22H25ClFN3O4S. The van der Waals surface area contributed by atoms with Crippen molar-refractivity contribution >= 4 is 33.4 Å². The van der Waals surface area contributed by atoms with Crippen molar-refractivity contribution in [2.24, 2.45) is 0 Å². The van der Waals surface area contributed by atoms with Crippen molar-refractivity contribution in [1.82, 2.24) is 14.5 Å². The summed E-state index contributed by atoms with van der Waals surface area (Å²) in [6.07, 6.45) is 0. The molecule has 1 fully saturated rings. The summed E-state index contributed by atoms with van der Waals surface area (Å²) in [4.78, 5) is 26.5. The van der Waals surface area contributed by atoms with E-state index in [0.717, 1.165) is 12.1 Å². The minimum absolute atomic E-state index is 0.0900. The summed E-state index contributed by atoms with van der Waals surface area (Å²) in [6.45, 7) is 6.27. The van der Waals surface area contributed by atoms with Crippen molar-refractivity contribution in [1.29, 1.82) is 0 Å². The number of piperazine rings is 1. The first-order valence-corrected chi connectivity index (χ1v) is 11.9. The zero-order valence-corrected chi connectivity index (χ0v) is 19.6. The summed E-state index contributed by atoms with van der Waals surface area (Å²) in [6, 6.07) is 9.63. The van der Waals surface area contributed by atoms with Crippen LogP contribution in [0.5, 0.6) is 0 Å². The number of halogens is 2. The number of nitrogens with one attached hydrogen (secondary N) is 1. The van der Waals surface area contributed by atoms with Gasteiger partial charge in [-0.05, 0) is 63.2 Å². The predicted molar refractivity (Wildman–Crippen MR) is 120 cm³/mol. The van der Waals surface area contributed by atoms with E-state index in [4.69, 9.17) is 11.6 Å². The Morgan fingerprint density at radius 3 is 2.06 bits per heavy atom. The van der Waals surface area contributed by atoms with Gasteiger partial charge in [-0.15, -0.1) is 0 Å². The van der Waals surface area contributed by atoms with E-state index in [0.29, 0.717) is 11.1 Å². The van der Waals surface area contributed by atoms with Crippen molar-refractivity contribution in [3.63, 3.8) is 0 Å². The summed E-state index contributed by atoms with van der Waals surface area (Å²) < 4.78 is 40.2. The van der Waals surface area contributed by atoms with E-state index in [1.807, 2.05) is 20.8 Å². The third-order valence-electron chi connectivity index (χ3n) is 4.94. The molecule has 10 heteroatoms. The number of rotatable bonds is 4. The molecule has 0 spiro atoms. The molecule has 1 aliphatic rings. The second-order valence-corrected chi connectivity index (χ2v) is 10.9. The van der Waals surface area contributed by atoms with Crippen LogP contribution in [-0.4, -0.2) is 61.2 Å². The first-order valence-electron chi connectivity index (χ1n) is 10.1. The Labute approximate surface area is 192 Å². The summed E-state index contributed by atoms with van der Waals surface area (Å²) in [5, 5.41) is 2.60. The molecule has 0 aliphatic carbocycles. The third kappa shape index (κ3) is 5.46. The maximum absolute atomic E-state index is 13.4. The fourth-order valence-corrected chi connectivity index (χ4v) is 4.97. The van der Waals surface area contributed by atoms with Crippen molar-refractivity contribution in [3.05, 3.63) is 64.4 Å². The molecule has 32 heavy (non-hydrogen) atoms. The van der Waals surface area contributed by atoms with Gasteiger partial charge in [-0.25, -0.2) is 12.8 Å². The molecular weight excluding hydrogens is 457 g/mol. The fourth-order valence-electron chi connectivity index (χ4n) is 3.28. The molecule has 7 nitrogen and oxygen atoms in total. The Morgan fingerprint density at radius 2 is 1.53 bits per heavy atom. The van der Waals surface area contributed by atoms with Gasteiger partial charge in [0.05, 0.1) is 9.92 Å². The number of nitrogens with zero attached hydrogens (tertiary/aromatic N) is 2. The molecule has 0 bridgehead atoms. The van der Waals surface area contributed by atoms with E-state index >= 15 is 0 Å². The first-order chi connectivity index (χ1) is 14.9. The highest BCUT2D eigenvalue weighted by Crippen LogP contribution is 2.23. The average molecular weight is 482 g/mol. The van der Waals surface area contributed by atoms with Crippen LogP contribution in [0.15, 0.2) is 47.4 Å². The van der Waals surface area contributed by atoms with Crippen molar-refractivity contribution in [3.8, 4) is 0 Å². The van der Waals surface area contributed by atoms with Crippen LogP contribution in [-0.2, 0) is 10.0 Å². The molecule has 0 atom stereocenters. The summed E-state index contributed by atoms with van der Waals surface area (Å²) in [5.41, 5.74) is 0.495. The monoisotopic (exact) mass is 481 g/mol. The summed E-state index contributed by atoms with van der Waals surface area (Å²) >= 11 is 5.72. The van der Waals surface area contributed by atoms with Crippen LogP contribution in [0.2, 0.25) is 5.02 Å². The van der Waals surface area contributed by atoms with Gasteiger partial charge in [-0.3, -0.25) is 9.59 Å². The smallest absolute Gasteiger partial charge is 0.253 e. The molecule has 0 radical (unpaired) electrons. The lowest BCUT2D eigenvalue weighted by Crippen LogP contribution is -2.50. The minimum Gasteiger partial charge on any atom is -0.347 e. The molecule has 0 unspecified atom stereocenters. The lowest BCUT2D eigenvalue weighted by atomic mass is 10.1. The molecule has 172 valence electrons. The zero-order valence-electron chi connectivity index (χ0n) is 18.1. The number of sulfonamides is 1. The van der Waals surface area contributed by atoms with Gasteiger partial charge in [0.2, 0.25) is 10.0 Å². The highest BCUT2D eigenvalue weighted by atomic mass is 35.5. The minimum atomic E-state index is -3.85. The molecule has 1 heterocycles. The molecule has 0 saturated carbocycles. The molecule has 2 aromatic carbocycles. The average Bonchev–Trinajstić information content (AvgIpc) is 2.74. The van der Waals surface area contributed by atoms with Crippen molar-refractivity contribution < 1.29 is 22.4 Å². The van der Waals surface area contributed by atoms with E-state index in [1.165, 1.54) is 10.4 Å².